The third-order valence-electron chi connectivity index (χ3n) is 7.81. The molecular formula is C30H34F3N5O5S. The van der Waals surface area contributed by atoms with Gasteiger partial charge in [0.05, 0.1) is 17.4 Å². The zero-order valence-electron chi connectivity index (χ0n) is 24.1. The Morgan fingerprint density at radius 1 is 1.11 bits per heavy atom. The second kappa shape index (κ2) is 13.4. The quantitative estimate of drug-likeness (QED) is 0.287. The van der Waals surface area contributed by atoms with Crippen molar-refractivity contribution in [3.8, 4) is 0 Å². The van der Waals surface area contributed by atoms with Crippen LogP contribution in [-0.4, -0.2) is 47.4 Å². The molecule has 5 rings (SSSR count). The van der Waals surface area contributed by atoms with Gasteiger partial charge in [-0.3, -0.25) is 19.3 Å². The Morgan fingerprint density at radius 3 is 2.55 bits per heavy atom. The normalized spacial score (nSPS) is 18.1. The van der Waals surface area contributed by atoms with Crippen LogP contribution in [0.1, 0.15) is 88.2 Å². The molecule has 2 aromatic heterocycles. The number of aromatic nitrogens is 1. The number of anilines is 2. The van der Waals surface area contributed by atoms with Crippen LogP contribution in [0.4, 0.5) is 24.5 Å². The van der Waals surface area contributed by atoms with Gasteiger partial charge in [-0.2, -0.15) is 17.5 Å². The van der Waals surface area contributed by atoms with Gasteiger partial charge in [-0.15, -0.1) is 0 Å². The first-order valence-corrected chi connectivity index (χ1v) is 15.3. The summed E-state index contributed by atoms with van der Waals surface area (Å²) < 4.78 is 56.9. The molecule has 3 amide bonds. The number of carbonyl (C=O) groups is 3. The first kappa shape index (κ1) is 31.5. The minimum atomic E-state index is -4.72. The van der Waals surface area contributed by atoms with Gasteiger partial charge in [0.1, 0.15) is 16.4 Å². The lowest BCUT2D eigenvalue weighted by atomic mass is 9.95. The molecule has 14 heteroatoms. The first-order chi connectivity index (χ1) is 21.0. The lowest BCUT2D eigenvalue weighted by Gasteiger charge is -2.30. The third-order valence-corrected chi connectivity index (χ3v) is 8.66. The van der Waals surface area contributed by atoms with Crippen LogP contribution in [0.15, 0.2) is 40.8 Å². The van der Waals surface area contributed by atoms with Crippen molar-refractivity contribution in [1.29, 1.82) is 0 Å². The van der Waals surface area contributed by atoms with Crippen LogP contribution < -0.4 is 21.3 Å². The molecule has 0 spiro atoms. The van der Waals surface area contributed by atoms with Crippen molar-refractivity contribution in [1.82, 2.24) is 15.0 Å². The number of nitrogens with two attached hydrogens (primary N) is 1. The molecule has 1 saturated carbocycles. The highest BCUT2D eigenvalue weighted by molar-refractivity contribution is 7.09. The molecule has 236 valence electrons. The van der Waals surface area contributed by atoms with E-state index in [9.17, 15) is 27.6 Å². The molecule has 3 heterocycles. The van der Waals surface area contributed by atoms with E-state index in [1.165, 1.54) is 12.1 Å². The zero-order chi connectivity index (χ0) is 31.4. The second-order valence-corrected chi connectivity index (χ2v) is 11.8. The maximum Gasteiger partial charge on any atom is 0.416 e. The van der Waals surface area contributed by atoms with Gasteiger partial charge >= 0.3 is 6.18 Å². The van der Waals surface area contributed by atoms with Crippen LogP contribution in [0.25, 0.3) is 0 Å². The summed E-state index contributed by atoms with van der Waals surface area (Å²) in [5.74, 6) is -1.70. The van der Waals surface area contributed by atoms with E-state index in [1.807, 2.05) is 0 Å². The molecule has 1 aliphatic heterocycles. The highest BCUT2D eigenvalue weighted by Gasteiger charge is 2.40. The number of halogens is 3. The Kier molecular flexibility index (Phi) is 9.59. The summed E-state index contributed by atoms with van der Waals surface area (Å²) in [5, 5.41) is 5.68. The van der Waals surface area contributed by atoms with Crippen LogP contribution in [0.2, 0.25) is 0 Å². The van der Waals surface area contributed by atoms with E-state index in [0.717, 1.165) is 68.0 Å². The smallest absolute Gasteiger partial charge is 0.416 e. The molecule has 0 unspecified atom stereocenters. The highest BCUT2D eigenvalue weighted by atomic mass is 32.1. The van der Waals surface area contributed by atoms with Gasteiger partial charge in [-0.25, -0.2) is 0 Å². The van der Waals surface area contributed by atoms with E-state index >= 15 is 0 Å². The Bertz CT molecular complexity index is 1490. The van der Waals surface area contributed by atoms with E-state index in [1.54, 1.807) is 13.0 Å². The molecule has 0 bridgehead atoms. The maximum absolute atomic E-state index is 14.3. The number of furan rings is 1. The van der Waals surface area contributed by atoms with Crippen LogP contribution in [0.3, 0.4) is 0 Å². The monoisotopic (exact) mass is 633 g/mol. The predicted molar refractivity (Wildman–Crippen MR) is 157 cm³/mol. The van der Waals surface area contributed by atoms with Crippen LogP contribution in [0.5, 0.6) is 0 Å². The predicted octanol–water partition coefficient (Wildman–Crippen LogP) is 5.39. The summed E-state index contributed by atoms with van der Waals surface area (Å²) in [7, 11) is 0. The van der Waals surface area contributed by atoms with Crippen molar-refractivity contribution in [3.05, 3.63) is 64.1 Å². The molecule has 2 aliphatic rings. The van der Waals surface area contributed by atoms with Crippen molar-refractivity contribution in [2.24, 2.45) is 0 Å². The van der Waals surface area contributed by atoms with Crippen LogP contribution >= 0.6 is 11.5 Å². The number of nitrogens with one attached hydrogen (secondary N) is 2. The SMILES string of the molecule is Cc1ccc([C@H](C(=O)NC[C@H]2CCCO2)N(C(=O)c2snc(C(=O)NC3CCCCC3)c2N)c2cccc(C(F)(F)F)c2)o1. The zero-order valence-corrected chi connectivity index (χ0v) is 24.9. The topological polar surface area (TPSA) is 140 Å². The molecule has 2 fully saturated rings. The number of nitrogens with zero attached hydrogens (tertiary/aromatic N) is 2. The highest BCUT2D eigenvalue weighted by Crippen LogP contribution is 2.37. The van der Waals surface area contributed by atoms with Gasteiger partial charge in [0.25, 0.3) is 17.7 Å². The molecule has 1 aliphatic carbocycles. The number of alkyl halides is 3. The molecule has 1 aromatic carbocycles. The number of ether oxygens (including phenoxy) is 1. The second-order valence-electron chi connectivity index (χ2n) is 11.0. The van der Waals surface area contributed by atoms with Gasteiger partial charge < -0.3 is 25.5 Å². The molecule has 4 N–H and O–H groups in total. The summed E-state index contributed by atoms with van der Waals surface area (Å²) in [4.78, 5) is 41.9. The molecular weight excluding hydrogens is 599 g/mol. The fraction of sp³-hybridized carbons (Fsp3) is 0.467. The maximum atomic E-state index is 14.3. The number of carbonyl (C=O) groups excluding carboxylic acids is 3. The van der Waals surface area contributed by atoms with Crippen LogP contribution in [0, 0.1) is 6.92 Å². The molecule has 1 saturated heterocycles. The Hall–Kier alpha value is -3.91. The average molecular weight is 634 g/mol. The minimum absolute atomic E-state index is 0.0245. The number of rotatable bonds is 9. The minimum Gasteiger partial charge on any atom is -0.464 e. The summed E-state index contributed by atoms with van der Waals surface area (Å²) >= 11 is 0.639. The van der Waals surface area contributed by atoms with E-state index in [2.05, 4.69) is 15.0 Å². The fourth-order valence-corrected chi connectivity index (χ4v) is 6.27. The molecule has 2 atom stereocenters. The number of hydrogen-bond acceptors (Lipinski definition) is 8. The Balaban J connectivity index is 1.54. The van der Waals surface area contributed by atoms with Crippen molar-refractivity contribution in [2.45, 2.75) is 76.2 Å². The third kappa shape index (κ3) is 7.07. The van der Waals surface area contributed by atoms with E-state index < -0.39 is 35.5 Å². The van der Waals surface area contributed by atoms with Gasteiger partial charge in [-0.05, 0) is 74.5 Å². The number of nitrogen functional groups attached to an aromatic ring is 1. The summed E-state index contributed by atoms with van der Waals surface area (Å²) in [6, 6.07) is 5.58. The number of amides is 3. The van der Waals surface area contributed by atoms with Crippen molar-refractivity contribution in [2.75, 3.05) is 23.8 Å². The molecule has 10 nitrogen and oxygen atoms in total. The Labute approximate surface area is 256 Å². The standard InChI is InChI=1S/C30H34F3N5O5S/c1-17-12-13-22(43-17)25(28(40)35-16-21-11-6-14-42-21)38(20-10-5-7-18(15-20)30(31,32)33)29(41)26-23(34)24(37-44-26)27(39)36-19-8-3-2-4-9-19/h5,7,10,12-13,15,19,21,25H,2-4,6,8-9,11,14,16,34H2,1H3,(H,35,40)(H,36,39)/t21-,25-/m1/s1. The van der Waals surface area contributed by atoms with Crippen molar-refractivity contribution in [3.63, 3.8) is 0 Å². The molecule has 0 radical (unpaired) electrons. The van der Waals surface area contributed by atoms with E-state index in [4.69, 9.17) is 14.9 Å². The molecule has 3 aromatic rings. The fourth-order valence-electron chi connectivity index (χ4n) is 5.53. The average Bonchev–Trinajstić information content (AvgIpc) is 3.76. The number of benzene rings is 1. The van der Waals surface area contributed by atoms with Gasteiger partial charge in [0.2, 0.25) is 0 Å². The van der Waals surface area contributed by atoms with Gasteiger partial charge in [-0.1, -0.05) is 25.3 Å². The van der Waals surface area contributed by atoms with Crippen LogP contribution in [-0.2, 0) is 15.7 Å². The van der Waals surface area contributed by atoms with Crippen molar-refractivity contribution >= 4 is 40.6 Å². The molecule has 44 heavy (non-hydrogen) atoms. The lowest BCUT2D eigenvalue weighted by molar-refractivity contribution is -0.137. The summed E-state index contributed by atoms with van der Waals surface area (Å²) in [6.07, 6.45) is 1.28. The number of aryl methyl sites for hydroxylation is 1. The van der Waals surface area contributed by atoms with E-state index in [0.29, 0.717) is 23.9 Å². The number of hydrogen-bond donors (Lipinski definition) is 3. The first-order valence-electron chi connectivity index (χ1n) is 14.6. The summed E-state index contributed by atoms with van der Waals surface area (Å²) in [6.45, 7) is 2.32. The summed E-state index contributed by atoms with van der Waals surface area (Å²) in [5.41, 5.74) is 4.68. The van der Waals surface area contributed by atoms with Gasteiger partial charge in [0.15, 0.2) is 11.7 Å². The Morgan fingerprint density at radius 2 is 1.89 bits per heavy atom. The van der Waals surface area contributed by atoms with E-state index in [-0.39, 0.29) is 46.4 Å². The lowest BCUT2D eigenvalue weighted by Crippen LogP contribution is -2.45. The largest absolute Gasteiger partial charge is 0.464 e. The van der Waals surface area contributed by atoms with Crippen molar-refractivity contribution < 1.29 is 36.7 Å². The van der Waals surface area contributed by atoms with Gasteiger partial charge in [0, 0.05) is 24.9 Å².